The smallest absolute Gasteiger partial charge is 0.0273 e. The fourth-order valence-corrected chi connectivity index (χ4v) is 3.35. The molecule has 0 atom stereocenters. The third kappa shape index (κ3) is 2.46. The third-order valence-corrected chi connectivity index (χ3v) is 4.45. The van der Waals surface area contributed by atoms with Crippen LogP contribution in [0, 0.1) is 13.8 Å². The van der Waals surface area contributed by atoms with Crippen molar-refractivity contribution in [3.05, 3.63) is 84.4 Å². The van der Waals surface area contributed by atoms with Gasteiger partial charge >= 0.3 is 0 Å². The fourth-order valence-electron chi connectivity index (χ4n) is 3.35. The Kier molecular flexibility index (Phi) is 3.58. The lowest BCUT2D eigenvalue weighted by Crippen LogP contribution is -1.91. The monoisotopic (exact) mass is 310 g/mol. The normalized spacial score (nSPS) is 10.9. The summed E-state index contributed by atoms with van der Waals surface area (Å²) in [6, 6.07) is 17.3. The molecule has 0 aliphatic rings. The van der Waals surface area contributed by atoms with Crippen molar-refractivity contribution >= 4 is 10.8 Å². The van der Waals surface area contributed by atoms with Crippen molar-refractivity contribution in [1.82, 2.24) is 9.97 Å². The molecule has 116 valence electrons. The fraction of sp³-hybridized carbons (Fsp3) is 0.0909. The van der Waals surface area contributed by atoms with Crippen LogP contribution in [0.3, 0.4) is 0 Å². The zero-order valence-corrected chi connectivity index (χ0v) is 13.8. The van der Waals surface area contributed by atoms with Crippen LogP contribution in [-0.4, -0.2) is 9.97 Å². The molecule has 0 aliphatic heterocycles. The predicted molar refractivity (Wildman–Crippen MR) is 99.9 cm³/mol. The molecule has 0 aliphatic carbocycles. The third-order valence-electron chi connectivity index (χ3n) is 4.45. The second kappa shape index (κ2) is 5.89. The standard InChI is InChI=1S/C22H18N2/c1-15-3-4-19-21(13-15)20(17-5-9-23-10-6-17)14-16(2)22(19)18-7-11-24-12-8-18/h3-14H,1-2H3. The van der Waals surface area contributed by atoms with Gasteiger partial charge in [-0.3, -0.25) is 9.97 Å². The number of nitrogens with zero attached hydrogens (tertiary/aromatic N) is 2. The van der Waals surface area contributed by atoms with E-state index in [1.807, 2.05) is 24.8 Å². The van der Waals surface area contributed by atoms with Crippen molar-refractivity contribution in [2.24, 2.45) is 0 Å². The number of fused-ring (bicyclic) bond motifs is 1. The van der Waals surface area contributed by atoms with Gasteiger partial charge in [-0.15, -0.1) is 0 Å². The Hall–Kier alpha value is -3.00. The van der Waals surface area contributed by atoms with Gasteiger partial charge in [0.2, 0.25) is 0 Å². The van der Waals surface area contributed by atoms with Crippen LogP contribution in [0.25, 0.3) is 33.0 Å². The van der Waals surface area contributed by atoms with E-state index < -0.39 is 0 Å². The summed E-state index contributed by atoms with van der Waals surface area (Å²) in [5, 5.41) is 2.55. The maximum Gasteiger partial charge on any atom is 0.0273 e. The highest BCUT2D eigenvalue weighted by atomic mass is 14.6. The summed E-state index contributed by atoms with van der Waals surface area (Å²) < 4.78 is 0. The molecule has 0 N–H and O–H groups in total. The number of aromatic nitrogens is 2. The Labute approximate surface area is 141 Å². The summed E-state index contributed by atoms with van der Waals surface area (Å²) in [6.45, 7) is 4.32. The van der Waals surface area contributed by atoms with Crippen LogP contribution in [0.15, 0.2) is 73.3 Å². The number of rotatable bonds is 2. The second-order valence-corrected chi connectivity index (χ2v) is 6.14. The van der Waals surface area contributed by atoms with E-state index in [-0.39, 0.29) is 0 Å². The van der Waals surface area contributed by atoms with Crippen LogP contribution in [0.2, 0.25) is 0 Å². The first kappa shape index (κ1) is 14.6. The number of pyridine rings is 2. The average molecular weight is 310 g/mol. The van der Waals surface area contributed by atoms with E-state index in [0.717, 1.165) is 0 Å². The van der Waals surface area contributed by atoms with Crippen molar-refractivity contribution in [3.8, 4) is 22.3 Å². The van der Waals surface area contributed by atoms with Gasteiger partial charge in [0.25, 0.3) is 0 Å². The molecule has 2 heterocycles. The minimum atomic E-state index is 1.20. The van der Waals surface area contributed by atoms with E-state index in [1.165, 1.54) is 44.2 Å². The van der Waals surface area contributed by atoms with Gasteiger partial charge in [0.1, 0.15) is 0 Å². The van der Waals surface area contributed by atoms with Crippen LogP contribution >= 0.6 is 0 Å². The Balaban J connectivity index is 2.10. The molecular weight excluding hydrogens is 292 g/mol. The Morgan fingerprint density at radius 1 is 0.625 bits per heavy atom. The second-order valence-electron chi connectivity index (χ2n) is 6.14. The summed E-state index contributed by atoms with van der Waals surface area (Å²) in [5.74, 6) is 0. The molecule has 2 heteroatoms. The molecule has 0 amide bonds. The van der Waals surface area contributed by atoms with Gasteiger partial charge in [-0.05, 0) is 76.7 Å². The van der Waals surface area contributed by atoms with Gasteiger partial charge in [0.05, 0.1) is 0 Å². The van der Waals surface area contributed by atoms with E-state index >= 15 is 0 Å². The van der Waals surface area contributed by atoms with Gasteiger partial charge < -0.3 is 0 Å². The van der Waals surface area contributed by atoms with E-state index in [4.69, 9.17) is 0 Å². The summed E-state index contributed by atoms with van der Waals surface area (Å²) in [6.07, 6.45) is 7.41. The molecule has 2 nitrogen and oxygen atoms in total. The summed E-state index contributed by atoms with van der Waals surface area (Å²) >= 11 is 0. The molecule has 0 spiro atoms. The quantitative estimate of drug-likeness (QED) is 0.483. The minimum Gasteiger partial charge on any atom is -0.265 e. The Bertz CT molecular complexity index is 1010. The highest BCUT2D eigenvalue weighted by Crippen LogP contribution is 2.38. The molecule has 2 aromatic carbocycles. The molecule has 0 unspecified atom stereocenters. The van der Waals surface area contributed by atoms with E-state index in [1.54, 1.807) is 0 Å². The van der Waals surface area contributed by atoms with Gasteiger partial charge in [-0.1, -0.05) is 29.8 Å². The Morgan fingerprint density at radius 2 is 1.25 bits per heavy atom. The first-order valence-electron chi connectivity index (χ1n) is 8.09. The lowest BCUT2D eigenvalue weighted by atomic mass is 9.88. The maximum atomic E-state index is 4.15. The molecule has 24 heavy (non-hydrogen) atoms. The highest BCUT2D eigenvalue weighted by molar-refractivity contribution is 6.06. The first-order valence-corrected chi connectivity index (χ1v) is 8.09. The average Bonchev–Trinajstić information content (AvgIpc) is 2.63. The van der Waals surface area contributed by atoms with Crippen molar-refractivity contribution in [1.29, 1.82) is 0 Å². The molecule has 4 rings (SSSR count). The number of hydrogen-bond donors (Lipinski definition) is 0. The molecule has 0 radical (unpaired) electrons. The van der Waals surface area contributed by atoms with Crippen molar-refractivity contribution < 1.29 is 0 Å². The zero-order valence-electron chi connectivity index (χ0n) is 13.8. The molecule has 0 saturated heterocycles. The summed E-state index contributed by atoms with van der Waals surface area (Å²) in [7, 11) is 0. The molecule has 0 saturated carbocycles. The first-order chi connectivity index (χ1) is 11.7. The predicted octanol–water partition coefficient (Wildman–Crippen LogP) is 5.58. The van der Waals surface area contributed by atoms with Gasteiger partial charge in [0.15, 0.2) is 0 Å². The highest BCUT2D eigenvalue weighted by Gasteiger charge is 2.13. The van der Waals surface area contributed by atoms with Crippen molar-refractivity contribution in [2.45, 2.75) is 13.8 Å². The molecule has 0 bridgehead atoms. The zero-order chi connectivity index (χ0) is 16.5. The van der Waals surface area contributed by atoms with Crippen LogP contribution in [0.5, 0.6) is 0 Å². The molecule has 4 aromatic rings. The molecule has 2 aromatic heterocycles. The summed E-state index contributed by atoms with van der Waals surface area (Å²) in [4.78, 5) is 8.30. The van der Waals surface area contributed by atoms with Crippen molar-refractivity contribution in [3.63, 3.8) is 0 Å². The lowest BCUT2D eigenvalue weighted by molar-refractivity contribution is 1.32. The van der Waals surface area contributed by atoms with Gasteiger partial charge in [-0.2, -0.15) is 0 Å². The Morgan fingerprint density at radius 3 is 1.92 bits per heavy atom. The van der Waals surface area contributed by atoms with Gasteiger partial charge in [-0.25, -0.2) is 0 Å². The SMILES string of the molecule is Cc1ccc2c(-c3ccncc3)c(C)cc(-c3ccncc3)c2c1. The molecular formula is C22H18N2. The van der Waals surface area contributed by atoms with E-state index in [2.05, 4.69) is 72.3 Å². The number of benzene rings is 2. The lowest BCUT2D eigenvalue weighted by Gasteiger charge is -2.16. The van der Waals surface area contributed by atoms with Crippen LogP contribution in [0.1, 0.15) is 11.1 Å². The maximum absolute atomic E-state index is 4.15. The number of aryl methyl sites for hydroxylation is 2. The number of hydrogen-bond acceptors (Lipinski definition) is 2. The topological polar surface area (TPSA) is 25.8 Å². The molecule has 0 fully saturated rings. The van der Waals surface area contributed by atoms with Gasteiger partial charge in [0, 0.05) is 24.8 Å². The van der Waals surface area contributed by atoms with E-state index in [0.29, 0.717) is 0 Å². The van der Waals surface area contributed by atoms with Crippen LogP contribution < -0.4 is 0 Å². The van der Waals surface area contributed by atoms with Crippen LogP contribution in [0.4, 0.5) is 0 Å². The van der Waals surface area contributed by atoms with E-state index in [9.17, 15) is 0 Å². The minimum absolute atomic E-state index is 1.20. The largest absolute Gasteiger partial charge is 0.265 e. The summed E-state index contributed by atoms with van der Waals surface area (Å²) in [5.41, 5.74) is 7.48. The van der Waals surface area contributed by atoms with Crippen LogP contribution in [-0.2, 0) is 0 Å². The van der Waals surface area contributed by atoms with Crippen molar-refractivity contribution in [2.75, 3.05) is 0 Å².